The molecule has 0 spiro atoms. The van der Waals surface area contributed by atoms with Crippen LogP contribution in [-0.4, -0.2) is 25.0 Å². The molecule has 2 N–H and O–H groups in total. The number of benzene rings is 2. The van der Waals surface area contributed by atoms with Crippen molar-refractivity contribution in [1.29, 1.82) is 0 Å². The van der Waals surface area contributed by atoms with Crippen molar-refractivity contribution in [2.24, 2.45) is 0 Å². The van der Waals surface area contributed by atoms with Gasteiger partial charge in [0, 0.05) is 18.2 Å². The highest BCUT2D eigenvalue weighted by Crippen LogP contribution is 2.30. The summed E-state index contributed by atoms with van der Waals surface area (Å²) in [6, 6.07) is 13.1. The van der Waals surface area contributed by atoms with Crippen LogP contribution in [0.3, 0.4) is 0 Å². The molecule has 1 fully saturated rings. The molecule has 132 valence electrons. The molecule has 1 saturated heterocycles. The maximum atomic E-state index is 13.2. The number of amides is 1. The second-order valence-corrected chi connectivity index (χ2v) is 6.44. The summed E-state index contributed by atoms with van der Waals surface area (Å²) in [6.45, 7) is 1.71. The van der Waals surface area contributed by atoms with E-state index in [2.05, 4.69) is 10.6 Å². The Bertz CT molecular complexity index is 721. The molecule has 2 atom stereocenters. The summed E-state index contributed by atoms with van der Waals surface area (Å²) in [6.07, 6.45) is 1.09. The van der Waals surface area contributed by atoms with Gasteiger partial charge in [-0.15, -0.1) is 0 Å². The molecule has 1 aliphatic rings. The molecule has 3 rings (SSSR count). The molecular formula is C19H20ClFN2O2. The van der Waals surface area contributed by atoms with Crippen LogP contribution in [0.2, 0.25) is 5.02 Å². The van der Waals surface area contributed by atoms with E-state index in [-0.39, 0.29) is 22.7 Å². The zero-order chi connectivity index (χ0) is 17.6. The van der Waals surface area contributed by atoms with E-state index in [4.69, 9.17) is 16.3 Å². The number of halogens is 2. The van der Waals surface area contributed by atoms with E-state index < -0.39 is 11.9 Å². The Hall–Kier alpha value is -2.11. The maximum Gasteiger partial charge on any atom is 0.266 e. The van der Waals surface area contributed by atoms with Crippen LogP contribution in [0.4, 0.5) is 4.39 Å². The second-order valence-electron chi connectivity index (χ2n) is 6.04. The highest BCUT2D eigenvalue weighted by atomic mass is 35.5. The molecule has 0 bridgehead atoms. The number of piperidine rings is 1. The average molecular weight is 363 g/mol. The SMILES string of the molecule is O=C(N[C@H]1CCCNC1)C(Oc1ccc(F)cc1Cl)c1ccccc1. The summed E-state index contributed by atoms with van der Waals surface area (Å²) >= 11 is 6.05. The highest BCUT2D eigenvalue weighted by molar-refractivity contribution is 6.32. The van der Waals surface area contributed by atoms with Gasteiger partial charge < -0.3 is 15.4 Å². The molecule has 0 saturated carbocycles. The van der Waals surface area contributed by atoms with Gasteiger partial charge >= 0.3 is 0 Å². The molecule has 2 aromatic rings. The lowest BCUT2D eigenvalue weighted by molar-refractivity contribution is -0.129. The highest BCUT2D eigenvalue weighted by Gasteiger charge is 2.26. The monoisotopic (exact) mass is 362 g/mol. The van der Waals surface area contributed by atoms with Crippen LogP contribution in [0.1, 0.15) is 24.5 Å². The second kappa shape index (κ2) is 8.32. The topological polar surface area (TPSA) is 50.4 Å². The quantitative estimate of drug-likeness (QED) is 0.856. The molecule has 4 nitrogen and oxygen atoms in total. The van der Waals surface area contributed by atoms with Crippen LogP contribution in [0.25, 0.3) is 0 Å². The first kappa shape index (κ1) is 17.7. The normalized spacial score (nSPS) is 18.4. The van der Waals surface area contributed by atoms with Crippen LogP contribution in [0.5, 0.6) is 5.75 Å². The number of hydrogen-bond acceptors (Lipinski definition) is 3. The van der Waals surface area contributed by atoms with Gasteiger partial charge in [0.2, 0.25) is 6.10 Å². The Balaban J connectivity index is 1.80. The number of carbonyl (C=O) groups is 1. The predicted octanol–water partition coefficient (Wildman–Crippen LogP) is 3.47. The fourth-order valence-electron chi connectivity index (χ4n) is 2.85. The van der Waals surface area contributed by atoms with Gasteiger partial charge in [-0.1, -0.05) is 41.9 Å². The van der Waals surface area contributed by atoms with Crippen molar-refractivity contribution in [3.63, 3.8) is 0 Å². The van der Waals surface area contributed by atoms with Gasteiger partial charge in [0.1, 0.15) is 11.6 Å². The van der Waals surface area contributed by atoms with E-state index in [1.807, 2.05) is 30.3 Å². The Labute approximate surface area is 151 Å². The van der Waals surface area contributed by atoms with Crippen molar-refractivity contribution in [3.8, 4) is 5.75 Å². The Morgan fingerprint density at radius 3 is 2.76 bits per heavy atom. The minimum atomic E-state index is -0.855. The van der Waals surface area contributed by atoms with E-state index in [1.165, 1.54) is 18.2 Å². The molecule has 1 unspecified atom stereocenters. The summed E-state index contributed by atoms with van der Waals surface area (Å²) in [5.74, 6) is -0.416. The van der Waals surface area contributed by atoms with Crippen molar-refractivity contribution in [1.82, 2.24) is 10.6 Å². The van der Waals surface area contributed by atoms with E-state index in [0.29, 0.717) is 5.56 Å². The number of rotatable bonds is 5. The Kier molecular flexibility index (Phi) is 5.89. The van der Waals surface area contributed by atoms with Crippen molar-refractivity contribution >= 4 is 17.5 Å². The van der Waals surface area contributed by atoms with Crippen molar-refractivity contribution in [3.05, 3.63) is 64.9 Å². The van der Waals surface area contributed by atoms with E-state index >= 15 is 0 Å². The van der Waals surface area contributed by atoms with E-state index in [0.717, 1.165) is 25.9 Å². The summed E-state index contributed by atoms with van der Waals surface area (Å²) in [4.78, 5) is 12.8. The first-order valence-electron chi connectivity index (χ1n) is 8.31. The Morgan fingerprint density at radius 2 is 2.08 bits per heavy atom. The van der Waals surface area contributed by atoms with Crippen LogP contribution in [-0.2, 0) is 4.79 Å². The smallest absolute Gasteiger partial charge is 0.266 e. The lowest BCUT2D eigenvalue weighted by Crippen LogP contribution is -2.47. The molecule has 2 aromatic carbocycles. The summed E-state index contributed by atoms with van der Waals surface area (Å²) in [5, 5.41) is 6.42. The summed E-state index contributed by atoms with van der Waals surface area (Å²) in [7, 11) is 0. The molecule has 0 aliphatic carbocycles. The lowest BCUT2D eigenvalue weighted by Gasteiger charge is -2.27. The van der Waals surface area contributed by atoms with Gasteiger partial charge in [0.05, 0.1) is 5.02 Å². The van der Waals surface area contributed by atoms with Gasteiger partial charge in [-0.3, -0.25) is 4.79 Å². The maximum absolute atomic E-state index is 13.2. The lowest BCUT2D eigenvalue weighted by atomic mass is 10.1. The van der Waals surface area contributed by atoms with Gasteiger partial charge in [-0.05, 0) is 37.6 Å². The van der Waals surface area contributed by atoms with Gasteiger partial charge in [0.15, 0.2) is 0 Å². The van der Waals surface area contributed by atoms with Gasteiger partial charge in [-0.2, -0.15) is 0 Å². The number of hydrogen-bond donors (Lipinski definition) is 2. The predicted molar refractivity (Wildman–Crippen MR) is 95.3 cm³/mol. The van der Waals surface area contributed by atoms with Crippen LogP contribution in [0.15, 0.2) is 48.5 Å². The molecule has 1 heterocycles. The first-order valence-corrected chi connectivity index (χ1v) is 8.69. The third-order valence-corrected chi connectivity index (χ3v) is 4.42. The van der Waals surface area contributed by atoms with Crippen LogP contribution < -0.4 is 15.4 Å². The molecule has 1 amide bonds. The van der Waals surface area contributed by atoms with Crippen LogP contribution >= 0.6 is 11.6 Å². The molecule has 25 heavy (non-hydrogen) atoms. The molecular weight excluding hydrogens is 343 g/mol. The average Bonchev–Trinajstić information content (AvgIpc) is 2.62. The summed E-state index contributed by atoms with van der Waals surface area (Å²) in [5.41, 5.74) is 0.712. The van der Waals surface area contributed by atoms with E-state index in [9.17, 15) is 9.18 Å². The molecule has 0 aromatic heterocycles. The van der Waals surface area contributed by atoms with Crippen LogP contribution in [0, 0.1) is 5.82 Å². The first-order chi connectivity index (χ1) is 12.1. The standard InChI is InChI=1S/C19H20ClFN2O2/c20-16-11-14(21)8-9-17(16)25-18(13-5-2-1-3-6-13)19(24)23-15-7-4-10-22-12-15/h1-3,5-6,8-9,11,15,18,22H,4,7,10,12H2,(H,23,24)/t15-,18?/m0/s1. The zero-order valence-electron chi connectivity index (χ0n) is 13.7. The third-order valence-electron chi connectivity index (χ3n) is 4.12. The van der Waals surface area contributed by atoms with Gasteiger partial charge in [-0.25, -0.2) is 4.39 Å². The fraction of sp³-hybridized carbons (Fsp3) is 0.316. The minimum absolute atomic E-state index is 0.0692. The summed E-state index contributed by atoms with van der Waals surface area (Å²) < 4.78 is 19.1. The van der Waals surface area contributed by atoms with Crippen molar-refractivity contribution in [2.45, 2.75) is 25.0 Å². The van der Waals surface area contributed by atoms with Crippen molar-refractivity contribution in [2.75, 3.05) is 13.1 Å². The third kappa shape index (κ3) is 4.71. The fourth-order valence-corrected chi connectivity index (χ4v) is 3.06. The minimum Gasteiger partial charge on any atom is -0.474 e. The molecule has 0 radical (unpaired) electrons. The number of carbonyl (C=O) groups excluding carboxylic acids is 1. The van der Waals surface area contributed by atoms with E-state index in [1.54, 1.807) is 0 Å². The van der Waals surface area contributed by atoms with Crippen molar-refractivity contribution < 1.29 is 13.9 Å². The molecule has 1 aliphatic heterocycles. The van der Waals surface area contributed by atoms with Gasteiger partial charge in [0.25, 0.3) is 5.91 Å². The Morgan fingerprint density at radius 1 is 1.28 bits per heavy atom. The largest absolute Gasteiger partial charge is 0.474 e. The number of ether oxygens (including phenoxy) is 1. The zero-order valence-corrected chi connectivity index (χ0v) is 14.4. The molecule has 6 heteroatoms. The number of nitrogens with one attached hydrogen (secondary N) is 2.